The van der Waals surface area contributed by atoms with E-state index in [0.29, 0.717) is 6.04 Å². The number of hydrogen-bond acceptors (Lipinski definition) is 4. The maximum atomic E-state index is 6.16. The summed E-state index contributed by atoms with van der Waals surface area (Å²) in [6.07, 6.45) is 4.56. The molecule has 1 N–H and O–H groups in total. The van der Waals surface area contributed by atoms with Crippen LogP contribution in [-0.2, 0) is 4.74 Å². The van der Waals surface area contributed by atoms with Crippen LogP contribution < -0.4 is 10.1 Å². The zero-order chi connectivity index (χ0) is 14.7. The van der Waals surface area contributed by atoms with Crippen LogP contribution in [0.3, 0.4) is 0 Å². The van der Waals surface area contributed by atoms with E-state index in [4.69, 9.17) is 9.47 Å². The third-order valence-electron chi connectivity index (χ3n) is 4.43. The monoisotopic (exact) mass is 371 g/mol. The largest absolute Gasteiger partial charge is 0.497 e. The van der Waals surface area contributed by atoms with Gasteiger partial charge in [-0.05, 0) is 65.3 Å². The van der Waals surface area contributed by atoms with Gasteiger partial charge in [-0.1, -0.05) is 0 Å². The Bertz CT molecular complexity index is 486. The van der Waals surface area contributed by atoms with Crippen LogP contribution in [0, 0.1) is 0 Å². The molecule has 5 heteroatoms. The highest BCUT2D eigenvalue weighted by Crippen LogP contribution is 2.39. The first-order valence-corrected chi connectivity index (χ1v) is 9.47. The number of thioether (sulfide) groups is 1. The summed E-state index contributed by atoms with van der Waals surface area (Å²) in [4.78, 5) is 0. The topological polar surface area (TPSA) is 30.5 Å². The Morgan fingerprint density at radius 2 is 2.19 bits per heavy atom. The Morgan fingerprint density at radius 3 is 2.95 bits per heavy atom. The van der Waals surface area contributed by atoms with Crippen LogP contribution in [0.25, 0.3) is 0 Å². The third kappa shape index (κ3) is 3.69. The van der Waals surface area contributed by atoms with Crippen LogP contribution >= 0.6 is 27.7 Å². The maximum Gasteiger partial charge on any atom is 0.121 e. The second-order valence-corrected chi connectivity index (χ2v) is 7.90. The van der Waals surface area contributed by atoms with Crippen molar-refractivity contribution in [1.29, 1.82) is 0 Å². The molecule has 2 aliphatic rings. The highest BCUT2D eigenvalue weighted by atomic mass is 79.9. The molecule has 2 saturated heterocycles. The van der Waals surface area contributed by atoms with E-state index in [9.17, 15) is 0 Å². The third-order valence-corrected chi connectivity index (χ3v) is 6.11. The molecule has 1 atom stereocenters. The normalized spacial score (nSPS) is 24.8. The summed E-state index contributed by atoms with van der Waals surface area (Å²) in [6, 6.07) is 6.54. The minimum Gasteiger partial charge on any atom is -0.497 e. The van der Waals surface area contributed by atoms with E-state index in [1.165, 1.54) is 24.3 Å². The van der Waals surface area contributed by atoms with Gasteiger partial charge in [0.15, 0.2) is 0 Å². The van der Waals surface area contributed by atoms with Gasteiger partial charge in [0.25, 0.3) is 0 Å². The first-order valence-electron chi connectivity index (χ1n) is 7.53. The molecule has 2 fully saturated rings. The smallest absolute Gasteiger partial charge is 0.121 e. The molecule has 1 unspecified atom stereocenters. The average Bonchev–Trinajstić information content (AvgIpc) is 2.50. The van der Waals surface area contributed by atoms with Crippen molar-refractivity contribution >= 4 is 33.4 Å². The molecule has 3 rings (SSSR count). The van der Waals surface area contributed by atoms with Crippen molar-refractivity contribution in [2.45, 2.75) is 37.3 Å². The molecule has 0 saturated carbocycles. The summed E-state index contributed by atoms with van der Waals surface area (Å²) >= 11 is 5.67. The number of nitrogens with one attached hydrogen (secondary N) is 1. The molecule has 2 aliphatic heterocycles. The number of hydrogen-bond donors (Lipinski definition) is 1. The van der Waals surface area contributed by atoms with Crippen molar-refractivity contribution in [3.8, 4) is 5.75 Å². The van der Waals surface area contributed by atoms with Crippen LogP contribution in [0.1, 0.15) is 25.7 Å². The lowest BCUT2D eigenvalue weighted by atomic mass is 9.85. The van der Waals surface area contributed by atoms with Crippen LogP contribution in [0.15, 0.2) is 22.7 Å². The molecular formula is C16H22BrNO2S. The van der Waals surface area contributed by atoms with Crippen molar-refractivity contribution < 1.29 is 9.47 Å². The van der Waals surface area contributed by atoms with E-state index in [2.05, 4.69) is 39.1 Å². The number of methoxy groups -OCH3 is 1. The van der Waals surface area contributed by atoms with Gasteiger partial charge < -0.3 is 14.8 Å². The Morgan fingerprint density at radius 1 is 1.38 bits per heavy atom. The summed E-state index contributed by atoms with van der Waals surface area (Å²) in [5.74, 6) is 3.35. The van der Waals surface area contributed by atoms with Gasteiger partial charge in [-0.2, -0.15) is 11.8 Å². The molecule has 0 amide bonds. The molecule has 0 aromatic heterocycles. The van der Waals surface area contributed by atoms with Crippen molar-refractivity contribution in [1.82, 2.24) is 0 Å². The van der Waals surface area contributed by atoms with Gasteiger partial charge in [0.1, 0.15) is 5.75 Å². The van der Waals surface area contributed by atoms with Crippen LogP contribution in [0.2, 0.25) is 0 Å². The highest BCUT2D eigenvalue weighted by molar-refractivity contribution is 9.10. The van der Waals surface area contributed by atoms with Gasteiger partial charge in [-0.25, -0.2) is 0 Å². The minimum atomic E-state index is 0.118. The zero-order valence-corrected chi connectivity index (χ0v) is 14.8. The molecule has 1 spiro atoms. The molecule has 116 valence electrons. The molecule has 3 nitrogen and oxygen atoms in total. The molecule has 2 heterocycles. The van der Waals surface area contributed by atoms with E-state index in [1.807, 2.05) is 12.1 Å². The van der Waals surface area contributed by atoms with E-state index in [1.54, 1.807) is 7.11 Å². The Labute approximate surface area is 139 Å². The molecule has 1 aromatic carbocycles. The number of rotatable bonds is 3. The zero-order valence-electron chi connectivity index (χ0n) is 12.4. The summed E-state index contributed by atoms with van der Waals surface area (Å²) in [5.41, 5.74) is 1.23. The Kier molecular flexibility index (Phi) is 5.02. The minimum absolute atomic E-state index is 0.118. The van der Waals surface area contributed by atoms with Crippen molar-refractivity contribution in [3.05, 3.63) is 22.7 Å². The molecular weight excluding hydrogens is 350 g/mol. The fourth-order valence-electron chi connectivity index (χ4n) is 3.20. The molecule has 0 aliphatic carbocycles. The number of halogens is 1. The summed E-state index contributed by atoms with van der Waals surface area (Å²) in [7, 11) is 1.70. The van der Waals surface area contributed by atoms with Gasteiger partial charge in [-0.3, -0.25) is 0 Å². The highest BCUT2D eigenvalue weighted by Gasteiger charge is 2.38. The van der Waals surface area contributed by atoms with Crippen LogP contribution in [0.5, 0.6) is 5.75 Å². The van der Waals surface area contributed by atoms with Gasteiger partial charge in [-0.15, -0.1) is 0 Å². The standard InChI is InChI=1S/C16H22BrNO2S/c1-19-13-2-3-14(17)15(10-13)18-12-4-7-20-16(11-12)5-8-21-9-6-16/h2-3,10,12,18H,4-9,11H2,1H3. The van der Waals surface area contributed by atoms with E-state index in [-0.39, 0.29) is 5.60 Å². The second kappa shape index (κ2) is 6.80. The van der Waals surface area contributed by atoms with Crippen molar-refractivity contribution in [3.63, 3.8) is 0 Å². The lowest BCUT2D eigenvalue weighted by Crippen LogP contribution is -2.46. The fraction of sp³-hybridized carbons (Fsp3) is 0.625. The van der Waals surface area contributed by atoms with E-state index < -0.39 is 0 Å². The Balaban J connectivity index is 1.69. The van der Waals surface area contributed by atoms with Gasteiger partial charge in [0.05, 0.1) is 18.4 Å². The molecule has 1 aromatic rings. The number of ether oxygens (including phenoxy) is 2. The molecule has 21 heavy (non-hydrogen) atoms. The lowest BCUT2D eigenvalue weighted by Gasteiger charge is -2.43. The predicted octanol–water partition coefficient (Wildman–Crippen LogP) is 4.31. The first-order chi connectivity index (χ1) is 10.2. The second-order valence-electron chi connectivity index (χ2n) is 5.82. The predicted molar refractivity (Wildman–Crippen MR) is 92.6 cm³/mol. The summed E-state index contributed by atoms with van der Waals surface area (Å²) in [5, 5.41) is 3.68. The van der Waals surface area contributed by atoms with Crippen LogP contribution in [0.4, 0.5) is 5.69 Å². The maximum absolute atomic E-state index is 6.16. The first kappa shape index (κ1) is 15.5. The number of benzene rings is 1. The summed E-state index contributed by atoms with van der Waals surface area (Å²) < 4.78 is 12.6. The van der Waals surface area contributed by atoms with Crippen LogP contribution in [-0.4, -0.2) is 36.9 Å². The number of anilines is 1. The van der Waals surface area contributed by atoms with E-state index >= 15 is 0 Å². The van der Waals surface area contributed by atoms with Crippen molar-refractivity contribution in [2.75, 3.05) is 30.5 Å². The molecule has 0 radical (unpaired) electrons. The lowest BCUT2D eigenvalue weighted by molar-refractivity contribution is -0.0865. The molecule has 0 bridgehead atoms. The van der Waals surface area contributed by atoms with Gasteiger partial charge in [0, 0.05) is 23.2 Å². The van der Waals surface area contributed by atoms with Crippen molar-refractivity contribution in [2.24, 2.45) is 0 Å². The summed E-state index contributed by atoms with van der Waals surface area (Å²) in [6.45, 7) is 0.865. The van der Waals surface area contributed by atoms with Gasteiger partial charge >= 0.3 is 0 Å². The van der Waals surface area contributed by atoms with Gasteiger partial charge in [0.2, 0.25) is 0 Å². The average molecular weight is 372 g/mol. The Hall–Kier alpha value is -0.390. The fourth-order valence-corrected chi connectivity index (χ4v) is 4.80. The van der Waals surface area contributed by atoms with E-state index in [0.717, 1.165) is 35.4 Å². The quantitative estimate of drug-likeness (QED) is 0.856. The SMILES string of the molecule is COc1ccc(Br)c(NC2CCOC3(CCSCC3)C2)c1.